The average molecular weight is 447 g/mol. The van der Waals surface area contributed by atoms with Crippen LogP contribution in [0.2, 0.25) is 0 Å². The van der Waals surface area contributed by atoms with Crippen molar-refractivity contribution >= 4 is 17.7 Å². The monoisotopic (exact) mass is 446 g/mol. The van der Waals surface area contributed by atoms with Crippen molar-refractivity contribution in [2.45, 2.75) is 40.7 Å². The van der Waals surface area contributed by atoms with Gasteiger partial charge in [0.15, 0.2) is 5.78 Å². The zero-order valence-corrected chi connectivity index (χ0v) is 19.4. The first-order chi connectivity index (χ1) is 15.3. The summed E-state index contributed by atoms with van der Waals surface area (Å²) in [6.45, 7) is 8.89. The van der Waals surface area contributed by atoms with Crippen molar-refractivity contribution in [3.8, 4) is 0 Å². The molecule has 0 aliphatic rings. The Morgan fingerprint density at radius 1 is 1.09 bits per heavy atom. The number of methoxy groups -OCH3 is 1. The van der Waals surface area contributed by atoms with Crippen LogP contribution in [0.5, 0.6) is 0 Å². The number of esters is 1. The molecule has 0 saturated carbocycles. The van der Waals surface area contributed by atoms with Crippen molar-refractivity contribution in [2.75, 3.05) is 33.4 Å². The molecule has 0 saturated heterocycles. The largest absolute Gasteiger partial charge is 0.464 e. The number of amides is 1. The van der Waals surface area contributed by atoms with Crippen molar-refractivity contribution in [3.63, 3.8) is 0 Å². The van der Waals surface area contributed by atoms with E-state index in [4.69, 9.17) is 9.47 Å². The standard InChI is InChI=1S/C24H31FN2O5/c1-6-27-17(4)21(16(3)22(27)24(30)31-5)20(28)15-26(13-8-14-32-7-2)23(29)18-9-11-19(25)12-10-18/h9-12H,6-8,13-15H2,1-5H3. The van der Waals surface area contributed by atoms with Crippen LogP contribution >= 0.6 is 0 Å². The van der Waals surface area contributed by atoms with Crippen LogP contribution in [0.25, 0.3) is 0 Å². The van der Waals surface area contributed by atoms with Gasteiger partial charge >= 0.3 is 5.97 Å². The van der Waals surface area contributed by atoms with Crippen LogP contribution in [-0.4, -0.2) is 60.5 Å². The summed E-state index contributed by atoms with van der Waals surface area (Å²) in [5.74, 6) is -1.59. The maximum absolute atomic E-state index is 13.3. The molecule has 0 atom stereocenters. The third kappa shape index (κ3) is 5.62. The Labute approximate surface area is 188 Å². The third-order valence-electron chi connectivity index (χ3n) is 5.37. The lowest BCUT2D eigenvalue weighted by Crippen LogP contribution is -2.37. The van der Waals surface area contributed by atoms with Gasteiger partial charge in [-0.1, -0.05) is 0 Å². The predicted molar refractivity (Wildman–Crippen MR) is 119 cm³/mol. The van der Waals surface area contributed by atoms with Crippen molar-refractivity contribution in [2.24, 2.45) is 0 Å². The van der Waals surface area contributed by atoms with E-state index < -0.39 is 11.8 Å². The lowest BCUT2D eigenvalue weighted by molar-refractivity contribution is 0.0587. The first kappa shape index (κ1) is 25.3. The highest BCUT2D eigenvalue weighted by Crippen LogP contribution is 2.24. The minimum absolute atomic E-state index is 0.168. The van der Waals surface area contributed by atoms with Gasteiger partial charge in [0.25, 0.3) is 5.91 Å². The minimum atomic E-state index is -0.512. The molecule has 174 valence electrons. The van der Waals surface area contributed by atoms with E-state index in [2.05, 4.69) is 0 Å². The van der Waals surface area contributed by atoms with Gasteiger partial charge in [0, 0.05) is 43.1 Å². The van der Waals surface area contributed by atoms with E-state index >= 15 is 0 Å². The summed E-state index contributed by atoms with van der Waals surface area (Å²) in [5, 5.41) is 0. The Morgan fingerprint density at radius 3 is 2.31 bits per heavy atom. The second-order valence-corrected chi connectivity index (χ2v) is 7.38. The van der Waals surface area contributed by atoms with E-state index in [9.17, 15) is 18.8 Å². The number of hydrogen-bond acceptors (Lipinski definition) is 5. The van der Waals surface area contributed by atoms with Gasteiger partial charge in [-0.3, -0.25) is 9.59 Å². The highest BCUT2D eigenvalue weighted by atomic mass is 19.1. The fourth-order valence-electron chi connectivity index (χ4n) is 3.84. The third-order valence-corrected chi connectivity index (χ3v) is 5.37. The van der Waals surface area contributed by atoms with Gasteiger partial charge in [-0.2, -0.15) is 0 Å². The summed E-state index contributed by atoms with van der Waals surface area (Å²) in [7, 11) is 1.30. The highest BCUT2D eigenvalue weighted by molar-refractivity contribution is 6.06. The molecule has 8 heteroatoms. The van der Waals surface area contributed by atoms with Crippen molar-refractivity contribution < 1.29 is 28.2 Å². The van der Waals surface area contributed by atoms with E-state index in [-0.39, 0.29) is 18.2 Å². The molecule has 0 aliphatic heterocycles. The summed E-state index contributed by atoms with van der Waals surface area (Å²) in [4.78, 5) is 40.1. The van der Waals surface area contributed by atoms with Crippen LogP contribution in [-0.2, 0) is 16.0 Å². The molecule has 2 rings (SSSR count). The first-order valence-corrected chi connectivity index (χ1v) is 10.7. The van der Waals surface area contributed by atoms with E-state index in [1.165, 1.54) is 36.3 Å². The molecule has 1 amide bonds. The summed E-state index contributed by atoms with van der Waals surface area (Å²) in [5.41, 5.74) is 2.23. The molecule has 32 heavy (non-hydrogen) atoms. The average Bonchev–Trinajstić information content (AvgIpc) is 3.04. The molecule has 2 aromatic rings. The predicted octanol–water partition coefficient (Wildman–Crippen LogP) is 3.80. The second-order valence-electron chi connectivity index (χ2n) is 7.38. The van der Waals surface area contributed by atoms with Crippen molar-refractivity contribution in [1.29, 1.82) is 0 Å². The lowest BCUT2D eigenvalue weighted by atomic mass is 10.0. The molecule has 0 radical (unpaired) electrons. The Bertz CT molecular complexity index is 966. The van der Waals surface area contributed by atoms with Crippen LogP contribution < -0.4 is 0 Å². The SMILES string of the molecule is CCOCCCN(CC(=O)c1c(C)c(C(=O)OC)n(CC)c1C)C(=O)c1ccc(F)cc1. The summed E-state index contributed by atoms with van der Waals surface area (Å²) in [6, 6.07) is 5.23. The molecule has 1 heterocycles. The molecule has 0 unspecified atom stereocenters. The molecular weight excluding hydrogens is 415 g/mol. The van der Waals surface area contributed by atoms with Gasteiger partial charge in [-0.15, -0.1) is 0 Å². The molecule has 1 aromatic carbocycles. The number of aromatic nitrogens is 1. The number of Topliss-reactive ketones (excluding diaryl/α,β-unsaturated/α-hetero) is 1. The number of ketones is 1. The fourth-order valence-corrected chi connectivity index (χ4v) is 3.84. The zero-order valence-electron chi connectivity index (χ0n) is 19.4. The number of halogens is 1. The van der Waals surface area contributed by atoms with Crippen LogP contribution in [0.1, 0.15) is 62.7 Å². The molecular formula is C24H31FN2O5. The maximum atomic E-state index is 13.3. The Morgan fingerprint density at radius 2 is 1.75 bits per heavy atom. The Hall–Kier alpha value is -3.00. The molecule has 0 bridgehead atoms. The van der Waals surface area contributed by atoms with E-state index in [0.29, 0.717) is 60.8 Å². The van der Waals surface area contributed by atoms with Crippen LogP contribution in [0.4, 0.5) is 4.39 Å². The van der Waals surface area contributed by atoms with Gasteiger partial charge in [0.05, 0.1) is 13.7 Å². The second kappa shape index (κ2) is 11.6. The van der Waals surface area contributed by atoms with E-state index in [1.54, 1.807) is 18.4 Å². The van der Waals surface area contributed by atoms with Crippen molar-refractivity contribution in [1.82, 2.24) is 9.47 Å². The Kier molecular flexibility index (Phi) is 9.13. The van der Waals surface area contributed by atoms with Gasteiger partial charge in [-0.25, -0.2) is 9.18 Å². The van der Waals surface area contributed by atoms with Gasteiger partial charge in [-0.05, 0) is 63.9 Å². The number of carbonyl (C=O) groups is 3. The van der Waals surface area contributed by atoms with Crippen molar-refractivity contribution in [3.05, 3.63) is 58.2 Å². The Balaban J connectivity index is 2.35. The van der Waals surface area contributed by atoms with Crippen LogP contribution in [0.15, 0.2) is 24.3 Å². The van der Waals surface area contributed by atoms with Gasteiger partial charge in [0.2, 0.25) is 0 Å². The maximum Gasteiger partial charge on any atom is 0.354 e. The van der Waals surface area contributed by atoms with Gasteiger partial charge in [0.1, 0.15) is 11.5 Å². The number of rotatable bonds is 11. The quantitative estimate of drug-likeness (QED) is 0.298. The fraction of sp³-hybridized carbons (Fsp3) is 0.458. The van der Waals surface area contributed by atoms with Crippen LogP contribution in [0.3, 0.4) is 0 Å². The van der Waals surface area contributed by atoms with E-state index in [1.807, 2.05) is 13.8 Å². The first-order valence-electron chi connectivity index (χ1n) is 10.7. The smallest absolute Gasteiger partial charge is 0.354 e. The molecule has 0 N–H and O–H groups in total. The molecule has 7 nitrogen and oxygen atoms in total. The molecule has 0 aliphatic carbocycles. The molecule has 0 spiro atoms. The topological polar surface area (TPSA) is 77.8 Å². The summed E-state index contributed by atoms with van der Waals surface area (Å²) < 4.78 is 25.3. The summed E-state index contributed by atoms with van der Waals surface area (Å²) >= 11 is 0. The highest BCUT2D eigenvalue weighted by Gasteiger charge is 2.28. The zero-order chi connectivity index (χ0) is 23.8. The van der Waals surface area contributed by atoms with E-state index in [0.717, 1.165) is 0 Å². The molecule has 1 aromatic heterocycles. The molecule has 0 fully saturated rings. The number of benzene rings is 1. The number of carbonyl (C=O) groups excluding carboxylic acids is 3. The summed E-state index contributed by atoms with van der Waals surface area (Å²) in [6.07, 6.45) is 0.551. The minimum Gasteiger partial charge on any atom is -0.464 e. The number of ether oxygens (including phenoxy) is 2. The van der Waals surface area contributed by atoms with Gasteiger partial charge < -0.3 is 18.9 Å². The lowest BCUT2D eigenvalue weighted by Gasteiger charge is -2.22. The van der Waals surface area contributed by atoms with Crippen LogP contribution in [0, 0.1) is 19.7 Å². The number of nitrogens with zero attached hydrogens (tertiary/aromatic N) is 2. The normalized spacial score (nSPS) is 10.8. The number of hydrogen-bond donors (Lipinski definition) is 0.